The third kappa shape index (κ3) is 8.90. The molecule has 0 fully saturated rings. The third-order valence-electron chi connectivity index (χ3n) is 12.1. The summed E-state index contributed by atoms with van der Waals surface area (Å²) < 4.78 is 5.43. The number of fused-ring (bicyclic) bond motifs is 3. The van der Waals surface area contributed by atoms with Crippen LogP contribution in [0.2, 0.25) is 0 Å². The van der Waals surface area contributed by atoms with Gasteiger partial charge in [0.15, 0.2) is 0 Å². The molecule has 0 aromatic heterocycles. The Balaban J connectivity index is 1.74. The average Bonchev–Trinajstić information content (AvgIpc) is 3.74. The number of hydrogen-bond acceptors (Lipinski definition) is 0. The molecule has 4 aromatic carbocycles. The van der Waals surface area contributed by atoms with Crippen LogP contribution in [0, 0.1) is 11.8 Å². The van der Waals surface area contributed by atoms with Crippen LogP contribution < -0.4 is 3.27 Å². The second kappa shape index (κ2) is 15.7. The standard InChI is InChI=1S/C41H49.C9H18.C5H5.Zr/c1-38(2,3)30-17-13-26(14-18-30)34-22-28-21-29-23-35(27-15-19-31(20-16-27)39(4,5)6)37(41(10,11)12)25-33(29)32(28)24-36(34)40(7,8)9;1-8(2)6-5-7-9(3)4;1-2-4-5-3-1;/h13-20,22,24-25H,21H2,1-12H3;8-9H,6-7H2,1-4H3;1-3H,4H2;. The molecule has 2 aliphatic rings. The molecule has 0 heterocycles. The first-order valence-electron chi connectivity index (χ1n) is 21.6. The SMILES string of the molecule is CC(C)C[C](CC(C)C)=[Zr]([C]1=CC=CC1)[c]1c2c(cc(C(C)(C)C)c1-c1ccc(C(C)(C)C)cc1)-c1cc(C(C)(C)C)c(-c3ccc(C(C)(C)C)cc3)cc1C2. The second-order valence-corrected chi connectivity index (χ2v) is 28.5. The van der Waals surface area contributed by atoms with Crippen molar-refractivity contribution >= 4 is 6.48 Å². The van der Waals surface area contributed by atoms with Crippen LogP contribution in [0.1, 0.15) is 163 Å². The van der Waals surface area contributed by atoms with Crippen molar-refractivity contribution in [1.82, 2.24) is 0 Å². The normalized spacial score (nSPS) is 14.4. The van der Waals surface area contributed by atoms with Crippen LogP contribution in [0.3, 0.4) is 0 Å². The van der Waals surface area contributed by atoms with Gasteiger partial charge >= 0.3 is 353 Å². The molecular formula is C55H72Zr. The van der Waals surface area contributed by atoms with E-state index in [4.69, 9.17) is 0 Å². The van der Waals surface area contributed by atoms with Crippen LogP contribution in [0.15, 0.2) is 88.2 Å². The molecule has 56 heavy (non-hydrogen) atoms. The van der Waals surface area contributed by atoms with E-state index in [1.807, 2.05) is 3.21 Å². The molecule has 0 aliphatic heterocycles. The molecule has 0 bridgehead atoms. The Hall–Kier alpha value is -2.89. The van der Waals surface area contributed by atoms with E-state index in [0.717, 1.165) is 12.8 Å². The van der Waals surface area contributed by atoms with Crippen molar-refractivity contribution in [2.24, 2.45) is 11.8 Å². The minimum absolute atomic E-state index is 0.00300. The Labute approximate surface area is 350 Å². The summed E-state index contributed by atoms with van der Waals surface area (Å²) in [6.07, 6.45) is 11.9. The number of hydrogen-bond donors (Lipinski definition) is 0. The van der Waals surface area contributed by atoms with E-state index in [9.17, 15) is 0 Å². The Kier molecular flexibility index (Phi) is 12.0. The van der Waals surface area contributed by atoms with Crippen molar-refractivity contribution in [2.75, 3.05) is 0 Å². The van der Waals surface area contributed by atoms with Gasteiger partial charge in [0.2, 0.25) is 0 Å². The van der Waals surface area contributed by atoms with E-state index in [2.05, 4.69) is 196 Å². The maximum atomic E-state index is 2.66. The van der Waals surface area contributed by atoms with Crippen molar-refractivity contribution in [3.05, 3.63) is 122 Å². The molecule has 2 aliphatic carbocycles. The first kappa shape index (κ1) is 42.7. The minimum atomic E-state index is -2.70. The summed E-state index contributed by atoms with van der Waals surface area (Å²) in [5, 5.41) is 0. The molecule has 0 saturated heterocycles. The summed E-state index contributed by atoms with van der Waals surface area (Å²) in [7, 11) is 0. The molecular weight excluding hydrogens is 752 g/mol. The van der Waals surface area contributed by atoms with Gasteiger partial charge in [-0.3, -0.25) is 0 Å². The van der Waals surface area contributed by atoms with E-state index in [0.29, 0.717) is 11.8 Å². The number of rotatable bonds is 8. The van der Waals surface area contributed by atoms with Gasteiger partial charge in [0.25, 0.3) is 0 Å². The third-order valence-corrected chi connectivity index (χ3v) is 19.9. The quantitative estimate of drug-likeness (QED) is 0.146. The molecule has 1 heteroatoms. The number of allylic oxidation sites excluding steroid dienone is 4. The van der Waals surface area contributed by atoms with E-state index < -0.39 is 21.3 Å². The molecule has 0 unspecified atom stereocenters. The predicted molar refractivity (Wildman–Crippen MR) is 246 cm³/mol. The first-order chi connectivity index (χ1) is 25.9. The Morgan fingerprint density at radius 3 is 1.52 bits per heavy atom. The fourth-order valence-electron chi connectivity index (χ4n) is 9.16. The van der Waals surface area contributed by atoms with Crippen molar-refractivity contribution in [3.8, 4) is 33.4 Å². The van der Waals surface area contributed by atoms with E-state index >= 15 is 0 Å². The van der Waals surface area contributed by atoms with Gasteiger partial charge in [-0.25, -0.2) is 0 Å². The van der Waals surface area contributed by atoms with E-state index in [-0.39, 0.29) is 21.7 Å². The Morgan fingerprint density at radius 2 is 1.07 bits per heavy atom. The monoisotopic (exact) mass is 822 g/mol. The van der Waals surface area contributed by atoms with E-state index in [1.165, 1.54) is 68.5 Å². The maximum absolute atomic E-state index is 2.70. The molecule has 0 atom stereocenters. The average molecular weight is 824 g/mol. The zero-order valence-corrected chi connectivity index (χ0v) is 40.5. The molecule has 0 nitrogen and oxygen atoms in total. The fourth-order valence-corrected chi connectivity index (χ4v) is 19.0. The zero-order valence-electron chi connectivity index (χ0n) is 38.1. The van der Waals surface area contributed by atoms with Gasteiger partial charge in [0.1, 0.15) is 0 Å². The van der Waals surface area contributed by atoms with Crippen LogP contribution in [0.5, 0.6) is 0 Å². The topological polar surface area (TPSA) is 0 Å². The summed E-state index contributed by atoms with van der Waals surface area (Å²) >= 11 is -2.70. The van der Waals surface area contributed by atoms with Crippen LogP contribution in [0.4, 0.5) is 0 Å². The fraction of sp³-hybridized carbons (Fsp3) is 0.473. The van der Waals surface area contributed by atoms with Gasteiger partial charge in [-0.15, -0.1) is 0 Å². The summed E-state index contributed by atoms with van der Waals surface area (Å²) in [5.41, 5.74) is 17.8. The predicted octanol–water partition coefficient (Wildman–Crippen LogP) is 15.1. The molecule has 6 rings (SSSR count). The summed E-state index contributed by atoms with van der Waals surface area (Å²) in [6.45, 7) is 38.3. The van der Waals surface area contributed by atoms with Gasteiger partial charge < -0.3 is 0 Å². The van der Waals surface area contributed by atoms with Crippen LogP contribution in [0.25, 0.3) is 33.4 Å². The first-order valence-corrected chi connectivity index (χ1v) is 25.3. The van der Waals surface area contributed by atoms with Crippen molar-refractivity contribution in [3.63, 3.8) is 0 Å². The summed E-state index contributed by atoms with van der Waals surface area (Å²) in [4.78, 5) is 0. The molecule has 0 N–H and O–H groups in total. The number of benzene rings is 4. The van der Waals surface area contributed by atoms with Gasteiger partial charge in [-0.2, -0.15) is 0 Å². The molecule has 296 valence electrons. The van der Waals surface area contributed by atoms with Crippen LogP contribution in [-0.2, 0) is 49.3 Å². The molecule has 0 saturated carbocycles. The van der Waals surface area contributed by atoms with Crippen molar-refractivity contribution in [2.45, 2.75) is 158 Å². The van der Waals surface area contributed by atoms with Gasteiger partial charge in [0, 0.05) is 0 Å². The van der Waals surface area contributed by atoms with Crippen LogP contribution in [-0.4, -0.2) is 3.21 Å². The molecule has 0 radical (unpaired) electrons. The van der Waals surface area contributed by atoms with Crippen molar-refractivity contribution < 1.29 is 21.3 Å². The Morgan fingerprint density at radius 1 is 0.571 bits per heavy atom. The van der Waals surface area contributed by atoms with E-state index in [1.54, 1.807) is 17.7 Å². The Bertz CT molecular complexity index is 2170. The second-order valence-electron chi connectivity index (χ2n) is 22.1. The van der Waals surface area contributed by atoms with Gasteiger partial charge in [-0.1, -0.05) is 0 Å². The summed E-state index contributed by atoms with van der Waals surface area (Å²) in [5.74, 6) is 1.28. The van der Waals surface area contributed by atoms with Crippen LogP contribution >= 0.6 is 0 Å². The zero-order chi connectivity index (χ0) is 41.1. The van der Waals surface area contributed by atoms with Crippen molar-refractivity contribution in [1.29, 1.82) is 0 Å². The molecule has 0 spiro atoms. The van der Waals surface area contributed by atoms with Gasteiger partial charge in [0.05, 0.1) is 0 Å². The summed E-state index contributed by atoms with van der Waals surface area (Å²) in [6, 6.07) is 27.2. The molecule has 0 amide bonds. The molecule has 4 aromatic rings. The van der Waals surface area contributed by atoms with Gasteiger partial charge in [-0.05, 0) is 0 Å².